The second-order valence-electron chi connectivity index (χ2n) is 6.56. The van der Waals surface area contributed by atoms with Gasteiger partial charge in [-0.25, -0.2) is 4.79 Å². The summed E-state index contributed by atoms with van der Waals surface area (Å²) in [5.74, 6) is -0.0157. The number of Topliss-reactive ketones (excluding diaryl/α,β-unsaturated/α-hetero) is 1. The van der Waals surface area contributed by atoms with E-state index in [-0.39, 0.29) is 5.78 Å². The van der Waals surface area contributed by atoms with E-state index in [2.05, 4.69) is 15.9 Å². The van der Waals surface area contributed by atoms with Gasteiger partial charge in [-0.05, 0) is 52.2 Å². The van der Waals surface area contributed by atoms with E-state index < -0.39 is 17.7 Å². The van der Waals surface area contributed by atoms with Crippen molar-refractivity contribution in [1.29, 1.82) is 0 Å². The Morgan fingerprint density at radius 3 is 2.41 bits per heavy atom. The number of carbonyl (C=O) groups excluding carboxylic acids is 2. The van der Waals surface area contributed by atoms with Gasteiger partial charge in [-0.15, -0.1) is 0 Å². The predicted molar refractivity (Wildman–Crippen MR) is 89.1 cm³/mol. The minimum atomic E-state index is -0.556. The normalized spacial score (nSPS) is 18.9. The number of hydrogen-bond acceptors (Lipinski definition) is 3. The smallest absolute Gasteiger partial charge is 0.410 e. The second kappa shape index (κ2) is 6.82. The molecule has 0 saturated carbocycles. The average Bonchev–Trinajstić information content (AvgIpc) is 2.45. The van der Waals surface area contributed by atoms with Gasteiger partial charge in [0, 0.05) is 16.6 Å². The molecule has 1 saturated heterocycles. The maximum atomic E-state index is 12.7. The predicted octanol–water partition coefficient (Wildman–Crippen LogP) is 4.42. The third kappa shape index (κ3) is 4.32. The topological polar surface area (TPSA) is 46.6 Å². The standard InChI is InChI=1S/C17H22BrNO3/c1-17(2,3)22-16(21)19-11-5-4-6-14(19)15(20)12-7-9-13(18)10-8-12/h7-10,14H,4-6,11H2,1-3H3. The van der Waals surface area contributed by atoms with Crippen LogP contribution in [0.5, 0.6) is 0 Å². The van der Waals surface area contributed by atoms with Gasteiger partial charge < -0.3 is 4.74 Å². The van der Waals surface area contributed by atoms with Crippen LogP contribution in [-0.4, -0.2) is 35.0 Å². The molecule has 1 heterocycles. The fraction of sp³-hybridized carbons (Fsp3) is 0.529. The Morgan fingerprint density at radius 1 is 1.18 bits per heavy atom. The maximum absolute atomic E-state index is 12.7. The Hall–Kier alpha value is -1.36. The van der Waals surface area contributed by atoms with E-state index >= 15 is 0 Å². The lowest BCUT2D eigenvalue weighted by molar-refractivity contribution is 0.0105. The van der Waals surface area contributed by atoms with Gasteiger partial charge in [-0.3, -0.25) is 9.69 Å². The van der Waals surface area contributed by atoms with Crippen LogP contribution in [0.4, 0.5) is 4.79 Å². The van der Waals surface area contributed by atoms with E-state index in [0.29, 0.717) is 18.5 Å². The molecule has 1 aromatic rings. The quantitative estimate of drug-likeness (QED) is 0.726. The molecule has 0 bridgehead atoms. The molecule has 4 nitrogen and oxygen atoms in total. The summed E-state index contributed by atoms with van der Waals surface area (Å²) >= 11 is 3.36. The van der Waals surface area contributed by atoms with E-state index in [1.54, 1.807) is 17.0 Å². The van der Waals surface area contributed by atoms with Crippen molar-refractivity contribution >= 4 is 27.8 Å². The summed E-state index contributed by atoms with van der Waals surface area (Å²) in [6, 6.07) is 6.83. The van der Waals surface area contributed by atoms with Gasteiger partial charge in [0.15, 0.2) is 5.78 Å². The third-order valence-electron chi connectivity index (χ3n) is 3.56. The highest BCUT2D eigenvalue weighted by Crippen LogP contribution is 2.24. The van der Waals surface area contributed by atoms with Crippen LogP contribution >= 0.6 is 15.9 Å². The summed E-state index contributed by atoms with van der Waals surface area (Å²) < 4.78 is 6.37. The van der Waals surface area contributed by atoms with Crippen LogP contribution in [0.2, 0.25) is 0 Å². The van der Waals surface area contributed by atoms with Gasteiger partial charge in [-0.1, -0.05) is 28.1 Å². The number of rotatable bonds is 2. The minimum Gasteiger partial charge on any atom is -0.444 e. The molecule has 1 atom stereocenters. The molecule has 22 heavy (non-hydrogen) atoms. The van der Waals surface area contributed by atoms with Crippen LogP contribution in [0, 0.1) is 0 Å². The first-order valence-corrected chi connectivity index (χ1v) is 8.36. The van der Waals surface area contributed by atoms with E-state index in [1.165, 1.54) is 0 Å². The molecule has 2 rings (SSSR count). The second-order valence-corrected chi connectivity index (χ2v) is 7.47. The van der Waals surface area contributed by atoms with Crippen LogP contribution < -0.4 is 0 Å². The maximum Gasteiger partial charge on any atom is 0.410 e. The number of carbonyl (C=O) groups is 2. The van der Waals surface area contributed by atoms with Crippen molar-refractivity contribution in [2.75, 3.05) is 6.54 Å². The number of halogens is 1. The van der Waals surface area contributed by atoms with Crippen LogP contribution in [0.15, 0.2) is 28.7 Å². The van der Waals surface area contributed by atoms with E-state index in [0.717, 1.165) is 17.3 Å². The first-order chi connectivity index (χ1) is 10.3. The first-order valence-electron chi connectivity index (χ1n) is 7.57. The molecular weight excluding hydrogens is 346 g/mol. The van der Waals surface area contributed by atoms with Crippen molar-refractivity contribution in [1.82, 2.24) is 4.90 Å². The van der Waals surface area contributed by atoms with Gasteiger partial charge in [-0.2, -0.15) is 0 Å². The summed E-state index contributed by atoms with van der Waals surface area (Å²) in [6.45, 7) is 6.07. The van der Waals surface area contributed by atoms with Crippen molar-refractivity contribution in [2.24, 2.45) is 0 Å². The molecule has 5 heteroatoms. The summed E-state index contributed by atoms with van der Waals surface area (Å²) in [7, 11) is 0. The van der Waals surface area contributed by atoms with Gasteiger partial charge in [0.1, 0.15) is 5.60 Å². The van der Waals surface area contributed by atoms with Crippen molar-refractivity contribution in [2.45, 2.75) is 51.7 Å². The highest BCUT2D eigenvalue weighted by Gasteiger charge is 2.35. The SMILES string of the molecule is CC(C)(C)OC(=O)N1CCCCC1C(=O)c1ccc(Br)cc1. The first kappa shape index (κ1) is 17.0. The Morgan fingerprint density at radius 2 is 1.82 bits per heavy atom. The molecule has 0 N–H and O–H groups in total. The number of likely N-dealkylation sites (tertiary alicyclic amines) is 1. The van der Waals surface area contributed by atoms with Crippen molar-refractivity contribution in [3.05, 3.63) is 34.3 Å². The molecule has 1 unspecified atom stereocenters. The zero-order valence-corrected chi connectivity index (χ0v) is 14.9. The Balaban J connectivity index is 2.17. The molecule has 1 aliphatic heterocycles. The Bertz CT molecular complexity index is 548. The van der Waals surface area contributed by atoms with Gasteiger partial charge in [0.05, 0.1) is 6.04 Å². The third-order valence-corrected chi connectivity index (χ3v) is 4.09. The van der Waals surface area contributed by atoms with Gasteiger partial charge >= 0.3 is 6.09 Å². The molecule has 0 radical (unpaired) electrons. The molecular formula is C17H22BrNO3. The highest BCUT2D eigenvalue weighted by molar-refractivity contribution is 9.10. The average molecular weight is 368 g/mol. The Kier molecular flexibility index (Phi) is 5.27. The van der Waals surface area contributed by atoms with E-state index in [4.69, 9.17) is 4.74 Å². The fourth-order valence-electron chi connectivity index (χ4n) is 2.55. The Labute approximate surface area is 140 Å². The number of benzene rings is 1. The van der Waals surface area contributed by atoms with Crippen LogP contribution in [0.1, 0.15) is 50.4 Å². The summed E-state index contributed by atoms with van der Waals surface area (Å²) in [5, 5.41) is 0. The summed E-state index contributed by atoms with van der Waals surface area (Å²) in [5.41, 5.74) is 0.0726. The molecule has 120 valence electrons. The molecule has 1 aromatic carbocycles. The summed E-state index contributed by atoms with van der Waals surface area (Å²) in [4.78, 5) is 26.7. The van der Waals surface area contributed by atoms with Crippen LogP contribution in [-0.2, 0) is 4.74 Å². The number of ketones is 1. The number of piperidine rings is 1. The minimum absolute atomic E-state index is 0.0157. The lowest BCUT2D eigenvalue weighted by Gasteiger charge is -2.35. The van der Waals surface area contributed by atoms with Crippen LogP contribution in [0.25, 0.3) is 0 Å². The molecule has 1 fully saturated rings. The number of hydrogen-bond donors (Lipinski definition) is 0. The number of nitrogens with zero attached hydrogens (tertiary/aromatic N) is 1. The lowest BCUT2D eigenvalue weighted by atomic mass is 9.95. The zero-order valence-electron chi connectivity index (χ0n) is 13.3. The molecule has 1 amide bonds. The van der Waals surface area contributed by atoms with Gasteiger partial charge in [0.25, 0.3) is 0 Å². The molecule has 0 spiro atoms. The molecule has 1 aliphatic rings. The van der Waals surface area contributed by atoms with E-state index in [9.17, 15) is 9.59 Å². The van der Waals surface area contributed by atoms with Crippen molar-refractivity contribution < 1.29 is 14.3 Å². The largest absolute Gasteiger partial charge is 0.444 e. The van der Waals surface area contributed by atoms with Crippen LogP contribution in [0.3, 0.4) is 0 Å². The van der Waals surface area contributed by atoms with E-state index in [1.807, 2.05) is 32.9 Å². The molecule has 0 aliphatic carbocycles. The lowest BCUT2D eigenvalue weighted by Crippen LogP contribution is -2.49. The van der Waals surface area contributed by atoms with Crippen molar-refractivity contribution in [3.8, 4) is 0 Å². The zero-order chi connectivity index (χ0) is 16.3. The van der Waals surface area contributed by atoms with Crippen molar-refractivity contribution in [3.63, 3.8) is 0 Å². The number of amides is 1. The summed E-state index contributed by atoms with van der Waals surface area (Å²) in [6.07, 6.45) is 2.15. The number of ether oxygens (including phenoxy) is 1. The monoisotopic (exact) mass is 367 g/mol. The van der Waals surface area contributed by atoms with Gasteiger partial charge in [0.2, 0.25) is 0 Å². The molecule has 0 aromatic heterocycles. The fourth-order valence-corrected chi connectivity index (χ4v) is 2.81. The highest BCUT2D eigenvalue weighted by atomic mass is 79.9.